The number of methoxy groups -OCH3 is 1. The van der Waals surface area contributed by atoms with Crippen molar-refractivity contribution < 1.29 is 4.74 Å². The summed E-state index contributed by atoms with van der Waals surface area (Å²) in [6.45, 7) is 2.46. The smallest absolute Gasteiger partial charge is 0.141 e. The second kappa shape index (κ2) is 6.37. The Morgan fingerprint density at radius 3 is 2.86 bits per heavy atom. The highest BCUT2D eigenvalue weighted by Gasteiger charge is 2.22. The molecule has 0 saturated carbocycles. The van der Waals surface area contributed by atoms with Gasteiger partial charge in [0.1, 0.15) is 16.5 Å². The first-order valence-corrected chi connectivity index (χ1v) is 7.93. The summed E-state index contributed by atoms with van der Waals surface area (Å²) in [5, 5.41) is 3.11. The SMILES string of the molecule is COCC(c1ccccn1)N(C)c1nc(C)nc2sccc12. The van der Waals surface area contributed by atoms with Gasteiger partial charge in [-0.15, -0.1) is 11.3 Å². The Kier molecular flexibility index (Phi) is 4.31. The van der Waals surface area contributed by atoms with Crippen molar-refractivity contribution in [3.63, 3.8) is 0 Å². The number of hydrogen-bond donors (Lipinski definition) is 0. The van der Waals surface area contributed by atoms with Crippen LogP contribution in [0, 0.1) is 6.92 Å². The van der Waals surface area contributed by atoms with E-state index in [1.807, 2.05) is 37.6 Å². The molecule has 5 nitrogen and oxygen atoms in total. The first-order valence-electron chi connectivity index (χ1n) is 7.05. The summed E-state index contributed by atoms with van der Waals surface area (Å²) in [6.07, 6.45) is 1.80. The van der Waals surface area contributed by atoms with Crippen molar-refractivity contribution in [2.24, 2.45) is 0 Å². The minimum absolute atomic E-state index is 0.00333. The summed E-state index contributed by atoms with van der Waals surface area (Å²) in [7, 11) is 3.73. The molecule has 3 heterocycles. The Bertz CT molecular complexity index is 759. The number of fused-ring (bicyclic) bond motifs is 1. The summed E-state index contributed by atoms with van der Waals surface area (Å²) >= 11 is 1.63. The van der Waals surface area contributed by atoms with Gasteiger partial charge in [-0.1, -0.05) is 6.07 Å². The topological polar surface area (TPSA) is 51.1 Å². The van der Waals surface area contributed by atoms with Gasteiger partial charge in [0.2, 0.25) is 0 Å². The zero-order valence-electron chi connectivity index (χ0n) is 12.9. The molecule has 0 radical (unpaired) electrons. The van der Waals surface area contributed by atoms with Crippen molar-refractivity contribution in [2.75, 3.05) is 25.7 Å². The average Bonchev–Trinajstić information content (AvgIpc) is 3.00. The van der Waals surface area contributed by atoms with E-state index in [4.69, 9.17) is 4.74 Å². The van der Waals surface area contributed by atoms with E-state index in [0.29, 0.717) is 6.61 Å². The zero-order chi connectivity index (χ0) is 15.5. The fraction of sp³-hybridized carbons (Fsp3) is 0.312. The van der Waals surface area contributed by atoms with Crippen LogP contribution in [0.2, 0.25) is 0 Å². The minimum Gasteiger partial charge on any atom is -0.382 e. The number of likely N-dealkylation sites (N-methyl/N-ethyl adjacent to an activating group) is 1. The van der Waals surface area contributed by atoms with E-state index in [1.165, 1.54) is 0 Å². The average molecular weight is 314 g/mol. The molecule has 1 atom stereocenters. The van der Waals surface area contributed by atoms with Crippen LogP contribution >= 0.6 is 11.3 Å². The van der Waals surface area contributed by atoms with E-state index in [-0.39, 0.29) is 6.04 Å². The number of ether oxygens (including phenoxy) is 1. The van der Waals surface area contributed by atoms with Gasteiger partial charge in [-0.2, -0.15) is 0 Å². The fourth-order valence-electron chi connectivity index (χ4n) is 2.49. The first-order chi connectivity index (χ1) is 10.7. The van der Waals surface area contributed by atoms with Crippen LogP contribution in [0.25, 0.3) is 10.2 Å². The van der Waals surface area contributed by atoms with E-state index in [0.717, 1.165) is 27.6 Å². The zero-order valence-corrected chi connectivity index (χ0v) is 13.7. The van der Waals surface area contributed by atoms with Crippen LogP contribution in [0.15, 0.2) is 35.8 Å². The second-order valence-electron chi connectivity index (χ2n) is 5.07. The molecule has 3 aromatic heterocycles. The molecule has 0 aliphatic rings. The molecule has 0 bridgehead atoms. The molecular formula is C16H18N4OS. The molecule has 114 valence electrons. The number of thiophene rings is 1. The van der Waals surface area contributed by atoms with Crippen molar-refractivity contribution in [1.29, 1.82) is 0 Å². The molecule has 3 rings (SSSR count). The quantitative estimate of drug-likeness (QED) is 0.724. The Hall–Kier alpha value is -2.05. The Balaban J connectivity index is 2.05. The van der Waals surface area contributed by atoms with E-state index >= 15 is 0 Å². The molecule has 0 amide bonds. The van der Waals surface area contributed by atoms with Crippen molar-refractivity contribution in [1.82, 2.24) is 15.0 Å². The highest BCUT2D eigenvalue weighted by Crippen LogP contribution is 2.31. The van der Waals surface area contributed by atoms with Crippen LogP contribution in [-0.2, 0) is 4.74 Å². The highest BCUT2D eigenvalue weighted by atomic mass is 32.1. The number of hydrogen-bond acceptors (Lipinski definition) is 6. The monoisotopic (exact) mass is 314 g/mol. The van der Waals surface area contributed by atoms with Crippen LogP contribution in [-0.4, -0.2) is 35.7 Å². The number of aryl methyl sites for hydroxylation is 1. The Morgan fingerprint density at radius 2 is 2.14 bits per heavy atom. The number of pyridine rings is 1. The van der Waals surface area contributed by atoms with Gasteiger partial charge in [0, 0.05) is 20.4 Å². The molecule has 0 N–H and O–H groups in total. The lowest BCUT2D eigenvalue weighted by Gasteiger charge is -2.28. The van der Waals surface area contributed by atoms with Gasteiger partial charge in [0.05, 0.1) is 23.7 Å². The summed E-state index contributed by atoms with van der Waals surface area (Å²) in [5.74, 6) is 1.69. The lowest BCUT2D eigenvalue weighted by Crippen LogP contribution is -2.29. The molecule has 0 aliphatic heterocycles. The molecule has 0 spiro atoms. The number of rotatable bonds is 5. The lowest BCUT2D eigenvalue weighted by molar-refractivity contribution is 0.177. The third-order valence-corrected chi connectivity index (χ3v) is 4.38. The van der Waals surface area contributed by atoms with Gasteiger partial charge in [0.15, 0.2) is 0 Å². The predicted molar refractivity (Wildman–Crippen MR) is 89.4 cm³/mol. The molecule has 6 heteroatoms. The van der Waals surface area contributed by atoms with Crippen LogP contribution in [0.1, 0.15) is 17.6 Å². The third kappa shape index (κ3) is 2.80. The molecule has 0 saturated heterocycles. The number of aromatic nitrogens is 3. The summed E-state index contributed by atoms with van der Waals surface area (Å²) in [5.41, 5.74) is 0.964. The molecule has 22 heavy (non-hydrogen) atoms. The molecule has 0 fully saturated rings. The maximum atomic E-state index is 5.40. The number of nitrogens with zero attached hydrogens (tertiary/aromatic N) is 4. The van der Waals surface area contributed by atoms with Crippen LogP contribution in [0.4, 0.5) is 5.82 Å². The molecule has 0 aliphatic carbocycles. The van der Waals surface area contributed by atoms with Crippen LogP contribution in [0.5, 0.6) is 0 Å². The fourth-order valence-corrected chi connectivity index (χ4v) is 3.29. The summed E-state index contributed by atoms with van der Waals surface area (Å²) < 4.78 is 5.40. The second-order valence-corrected chi connectivity index (χ2v) is 5.97. The van der Waals surface area contributed by atoms with E-state index in [9.17, 15) is 0 Å². The Labute approximate surface area is 133 Å². The maximum Gasteiger partial charge on any atom is 0.141 e. The Morgan fingerprint density at radius 1 is 1.27 bits per heavy atom. The summed E-state index contributed by atoms with van der Waals surface area (Å²) in [4.78, 5) is 16.7. The van der Waals surface area contributed by atoms with E-state index in [2.05, 4.69) is 25.9 Å². The van der Waals surface area contributed by atoms with Gasteiger partial charge >= 0.3 is 0 Å². The standard InChI is InChI=1S/C16H18N4OS/c1-11-18-15(12-7-9-22-16(12)19-11)20(2)14(10-21-3)13-6-4-5-8-17-13/h4-9,14H,10H2,1-3H3. The van der Waals surface area contributed by atoms with Crippen LogP contribution in [0.3, 0.4) is 0 Å². The van der Waals surface area contributed by atoms with Gasteiger partial charge < -0.3 is 9.64 Å². The largest absolute Gasteiger partial charge is 0.382 e. The highest BCUT2D eigenvalue weighted by molar-refractivity contribution is 7.16. The van der Waals surface area contributed by atoms with E-state index in [1.54, 1.807) is 24.6 Å². The first kappa shape index (κ1) is 14.9. The minimum atomic E-state index is 0.00333. The van der Waals surface area contributed by atoms with Crippen LogP contribution < -0.4 is 4.90 Å². The molecule has 0 aromatic carbocycles. The molecule has 3 aromatic rings. The van der Waals surface area contributed by atoms with Crippen molar-refractivity contribution in [3.8, 4) is 0 Å². The van der Waals surface area contributed by atoms with Gasteiger partial charge in [-0.25, -0.2) is 9.97 Å². The third-order valence-electron chi connectivity index (χ3n) is 3.57. The molecular weight excluding hydrogens is 296 g/mol. The van der Waals surface area contributed by atoms with Gasteiger partial charge in [0.25, 0.3) is 0 Å². The van der Waals surface area contributed by atoms with Crippen molar-refractivity contribution in [3.05, 3.63) is 47.4 Å². The predicted octanol–water partition coefficient (Wildman–Crippen LogP) is 3.22. The van der Waals surface area contributed by atoms with Crippen molar-refractivity contribution >= 4 is 27.4 Å². The molecule has 1 unspecified atom stereocenters. The maximum absolute atomic E-state index is 5.40. The lowest BCUT2D eigenvalue weighted by atomic mass is 10.1. The summed E-state index contributed by atoms with van der Waals surface area (Å²) in [6, 6.07) is 7.99. The van der Waals surface area contributed by atoms with Gasteiger partial charge in [-0.3, -0.25) is 4.98 Å². The van der Waals surface area contributed by atoms with E-state index < -0.39 is 0 Å². The number of anilines is 1. The van der Waals surface area contributed by atoms with Crippen molar-refractivity contribution in [2.45, 2.75) is 13.0 Å². The normalized spacial score (nSPS) is 12.5. The van der Waals surface area contributed by atoms with Gasteiger partial charge in [-0.05, 0) is 30.5 Å².